The Morgan fingerprint density at radius 1 is 0.971 bits per heavy atom. The number of carbonyl (C=O) groups is 1. The number of carbonyl (C=O) groups excluding carboxylic acids is 1. The highest BCUT2D eigenvalue weighted by atomic mass is 19.3. The summed E-state index contributed by atoms with van der Waals surface area (Å²) in [5, 5.41) is 15.8. The molecule has 1 amide bonds. The van der Waals surface area contributed by atoms with Crippen LogP contribution in [0.4, 0.5) is 14.5 Å². The highest BCUT2D eigenvalue weighted by Crippen LogP contribution is 2.33. The predicted molar refractivity (Wildman–Crippen MR) is 133 cm³/mol. The molecule has 4 aromatic rings. The van der Waals surface area contributed by atoms with Crippen molar-refractivity contribution in [1.82, 2.24) is 4.98 Å². The Morgan fingerprint density at radius 3 is 2.29 bits per heavy atom. The van der Waals surface area contributed by atoms with E-state index in [9.17, 15) is 18.8 Å². The highest BCUT2D eigenvalue weighted by molar-refractivity contribution is 6.02. The topological polar surface area (TPSA) is 71.8 Å². The van der Waals surface area contributed by atoms with E-state index in [2.05, 4.69) is 10.3 Å². The minimum Gasteiger partial charge on any atom is -0.710 e. The lowest BCUT2D eigenvalue weighted by Gasteiger charge is -2.15. The van der Waals surface area contributed by atoms with Gasteiger partial charge in [-0.3, -0.25) is 4.79 Å². The number of amides is 1. The summed E-state index contributed by atoms with van der Waals surface area (Å²) in [5.41, 5.74) is 5.19. The molecular weight excluding hydrogens is 448 g/mol. The molecule has 0 bridgehead atoms. The van der Waals surface area contributed by atoms with Crippen LogP contribution in [0.5, 0.6) is 0 Å². The van der Waals surface area contributed by atoms with Gasteiger partial charge in [0.05, 0.1) is 5.56 Å². The zero-order valence-corrected chi connectivity index (χ0v) is 20.1. The van der Waals surface area contributed by atoms with E-state index in [1.165, 1.54) is 31.2 Å². The second-order valence-corrected chi connectivity index (χ2v) is 8.68. The first-order chi connectivity index (χ1) is 16.6. The van der Waals surface area contributed by atoms with Crippen molar-refractivity contribution >= 4 is 11.6 Å². The lowest BCUT2D eigenvalue weighted by atomic mass is 9.94. The standard InChI is InChI=1S/C28H27F2N3O2/c1-5-28(29,30)22-13-8-14-23(16-22)32-27(34)25-19(4)31-26(33(25)35)21-12-7-11-20(15-21)24-17(2)9-6-10-18(24)3/h6-16,31H,5H2,1-4H3,(H,32,34). The fourth-order valence-electron chi connectivity index (χ4n) is 4.31. The van der Waals surface area contributed by atoms with Gasteiger partial charge in [0.25, 0.3) is 17.7 Å². The summed E-state index contributed by atoms with van der Waals surface area (Å²) in [6.07, 6.45) is -0.355. The molecule has 0 aliphatic heterocycles. The van der Waals surface area contributed by atoms with E-state index in [1.54, 1.807) is 13.0 Å². The number of H-pyrrole nitrogens is 1. The number of nitrogens with one attached hydrogen (secondary N) is 2. The van der Waals surface area contributed by atoms with Gasteiger partial charge in [0.2, 0.25) is 5.69 Å². The minimum atomic E-state index is -3.00. The van der Waals surface area contributed by atoms with Gasteiger partial charge >= 0.3 is 0 Å². The quantitative estimate of drug-likeness (QED) is 0.242. The van der Waals surface area contributed by atoms with Crippen LogP contribution in [-0.2, 0) is 5.92 Å². The SMILES string of the molecule is CCC(F)(F)c1cccc(NC(=O)c2c(C)[nH]c(-c3cccc(-c4c(C)cccc4C)c3)[n+]2[O-])c1. The Hall–Kier alpha value is -4.00. The number of imidazole rings is 1. The molecule has 0 saturated carbocycles. The maximum Gasteiger partial charge on any atom is 0.300 e. The normalized spacial score (nSPS) is 11.5. The molecule has 1 aromatic heterocycles. The number of aromatic amines is 1. The first-order valence-corrected chi connectivity index (χ1v) is 11.4. The molecule has 1 heterocycles. The second kappa shape index (κ2) is 9.33. The number of anilines is 1. The molecule has 0 aliphatic carbocycles. The maximum atomic E-state index is 14.1. The summed E-state index contributed by atoms with van der Waals surface area (Å²) >= 11 is 0. The Kier molecular flexibility index (Phi) is 6.43. The molecule has 4 rings (SSSR count). The fourth-order valence-corrected chi connectivity index (χ4v) is 4.31. The highest BCUT2D eigenvalue weighted by Gasteiger charge is 2.30. The van der Waals surface area contributed by atoms with E-state index >= 15 is 0 Å². The van der Waals surface area contributed by atoms with Gasteiger partial charge in [-0.1, -0.05) is 49.4 Å². The largest absolute Gasteiger partial charge is 0.710 e. The van der Waals surface area contributed by atoms with Crippen molar-refractivity contribution < 1.29 is 18.3 Å². The fraction of sp³-hybridized carbons (Fsp3) is 0.214. The predicted octanol–water partition coefficient (Wildman–Crippen LogP) is 6.66. The van der Waals surface area contributed by atoms with Crippen LogP contribution in [0, 0.1) is 26.0 Å². The number of aryl methyl sites for hydroxylation is 3. The van der Waals surface area contributed by atoms with Gasteiger partial charge in [0.1, 0.15) is 0 Å². The first-order valence-electron chi connectivity index (χ1n) is 11.4. The Labute approximate surface area is 203 Å². The molecule has 0 fully saturated rings. The van der Waals surface area contributed by atoms with Crippen LogP contribution >= 0.6 is 0 Å². The van der Waals surface area contributed by atoms with Crippen LogP contribution in [0.15, 0.2) is 66.7 Å². The van der Waals surface area contributed by atoms with E-state index in [-0.39, 0.29) is 29.2 Å². The van der Waals surface area contributed by atoms with Crippen LogP contribution in [0.1, 0.15) is 46.2 Å². The average Bonchev–Trinajstić information content (AvgIpc) is 3.13. The van der Waals surface area contributed by atoms with Crippen LogP contribution < -0.4 is 10.0 Å². The number of aromatic nitrogens is 2. The molecule has 3 aromatic carbocycles. The van der Waals surface area contributed by atoms with Crippen LogP contribution in [-0.4, -0.2) is 10.9 Å². The van der Waals surface area contributed by atoms with E-state index in [4.69, 9.17) is 0 Å². The van der Waals surface area contributed by atoms with Gasteiger partial charge < -0.3 is 10.5 Å². The molecule has 2 N–H and O–H groups in total. The number of hydrogen-bond acceptors (Lipinski definition) is 2. The lowest BCUT2D eigenvalue weighted by Crippen LogP contribution is -2.36. The van der Waals surface area contributed by atoms with Crippen LogP contribution in [0.3, 0.4) is 0 Å². The summed E-state index contributed by atoms with van der Waals surface area (Å²) in [5.74, 6) is -3.45. The number of hydrogen-bond donors (Lipinski definition) is 2. The molecule has 180 valence electrons. The summed E-state index contributed by atoms with van der Waals surface area (Å²) in [6, 6.07) is 19.1. The molecular formula is C28H27F2N3O2. The number of nitrogens with zero attached hydrogens (tertiary/aromatic N) is 1. The third-order valence-electron chi connectivity index (χ3n) is 6.17. The zero-order chi connectivity index (χ0) is 25.3. The zero-order valence-electron chi connectivity index (χ0n) is 20.1. The molecule has 7 heteroatoms. The number of alkyl halides is 2. The van der Waals surface area contributed by atoms with E-state index in [0.717, 1.165) is 22.3 Å². The Balaban J connectivity index is 1.67. The Morgan fingerprint density at radius 2 is 1.60 bits per heavy atom. The van der Waals surface area contributed by atoms with Gasteiger partial charge in [0, 0.05) is 24.6 Å². The Bertz CT molecular complexity index is 1390. The monoisotopic (exact) mass is 475 g/mol. The summed E-state index contributed by atoms with van der Waals surface area (Å²) in [7, 11) is 0. The van der Waals surface area contributed by atoms with Gasteiger partial charge in [-0.15, -0.1) is 0 Å². The molecule has 0 unspecified atom stereocenters. The van der Waals surface area contributed by atoms with Crippen molar-refractivity contribution in [3.05, 3.63) is 100 Å². The van der Waals surface area contributed by atoms with E-state index < -0.39 is 11.8 Å². The molecule has 0 aliphatic rings. The van der Waals surface area contributed by atoms with Gasteiger partial charge in [-0.2, -0.15) is 0 Å². The summed E-state index contributed by atoms with van der Waals surface area (Å²) in [6.45, 7) is 7.10. The first kappa shape index (κ1) is 24.1. The molecule has 5 nitrogen and oxygen atoms in total. The smallest absolute Gasteiger partial charge is 0.300 e. The van der Waals surface area contributed by atoms with Crippen LogP contribution in [0.2, 0.25) is 0 Å². The average molecular weight is 476 g/mol. The minimum absolute atomic E-state index is 0.120. The second-order valence-electron chi connectivity index (χ2n) is 8.68. The third kappa shape index (κ3) is 4.67. The molecule has 0 saturated heterocycles. The summed E-state index contributed by atoms with van der Waals surface area (Å²) in [4.78, 5) is 16.0. The van der Waals surface area contributed by atoms with Crippen molar-refractivity contribution in [2.45, 2.75) is 40.0 Å². The van der Waals surface area contributed by atoms with Crippen molar-refractivity contribution in [3.8, 4) is 22.5 Å². The maximum absolute atomic E-state index is 14.1. The molecule has 0 atom stereocenters. The van der Waals surface area contributed by atoms with Crippen molar-refractivity contribution in [2.75, 3.05) is 5.32 Å². The van der Waals surface area contributed by atoms with Crippen LogP contribution in [0.25, 0.3) is 22.5 Å². The van der Waals surface area contributed by atoms with Crippen molar-refractivity contribution in [1.29, 1.82) is 0 Å². The van der Waals surface area contributed by atoms with E-state index in [1.807, 2.05) is 50.2 Å². The molecule has 0 spiro atoms. The third-order valence-corrected chi connectivity index (χ3v) is 6.17. The van der Waals surface area contributed by atoms with Gasteiger partial charge in [-0.25, -0.2) is 18.5 Å². The van der Waals surface area contributed by atoms with Gasteiger partial charge in [-0.05, 0) is 60.4 Å². The van der Waals surface area contributed by atoms with Crippen molar-refractivity contribution in [2.24, 2.45) is 0 Å². The number of rotatable bonds is 6. The number of halogens is 2. The van der Waals surface area contributed by atoms with Gasteiger partial charge in [0.15, 0.2) is 5.69 Å². The molecule has 0 radical (unpaired) electrons. The summed E-state index contributed by atoms with van der Waals surface area (Å²) < 4.78 is 28.7. The van der Waals surface area contributed by atoms with Crippen molar-refractivity contribution in [3.63, 3.8) is 0 Å². The van der Waals surface area contributed by atoms with E-state index in [0.29, 0.717) is 16.0 Å². The molecule has 35 heavy (non-hydrogen) atoms. The lowest BCUT2D eigenvalue weighted by molar-refractivity contribution is -0.594. The number of benzene rings is 3.